The molecule has 0 unspecified atom stereocenters. The van der Waals surface area contributed by atoms with Crippen molar-refractivity contribution in [3.05, 3.63) is 421 Å². The summed E-state index contributed by atoms with van der Waals surface area (Å²) in [6.45, 7) is 0. The summed E-state index contributed by atoms with van der Waals surface area (Å²) in [4.78, 5) is 30.5. The third-order valence-corrected chi connectivity index (χ3v) is 24.8. The summed E-state index contributed by atoms with van der Waals surface area (Å²) in [6.07, 6.45) is 0. The zero-order valence-electron chi connectivity index (χ0n) is 60.3. The first-order valence-corrected chi connectivity index (χ1v) is 38.9. The molecule has 4 aromatic heterocycles. The quantitative estimate of drug-likeness (QED) is 0.150. The fourth-order valence-electron chi connectivity index (χ4n) is 18.9. The van der Waals surface area contributed by atoms with Crippen LogP contribution in [0.3, 0.4) is 0 Å². The molecule has 0 atom stereocenters. The number of fused-ring (bicyclic) bond motifs is 26. The Morgan fingerprint density at radius 3 is 0.911 bits per heavy atom. The fourth-order valence-corrected chi connectivity index (χ4v) is 20.1. The smallest absolute Gasteiger partial charge is 0.167 e. The van der Waals surface area contributed by atoms with Crippen molar-refractivity contribution in [2.24, 2.45) is 0 Å². The molecule has 20 aromatic rings. The van der Waals surface area contributed by atoms with Crippen molar-refractivity contribution < 1.29 is 4.42 Å². The van der Waals surface area contributed by atoms with Gasteiger partial charge in [-0.2, -0.15) is 0 Å². The number of benzene rings is 16. The van der Waals surface area contributed by atoms with E-state index in [4.69, 9.17) is 34.3 Å². The molecule has 0 saturated heterocycles. The number of nitrogens with zero attached hydrogens (tertiary/aromatic N) is 6. The Kier molecular flexibility index (Phi) is 14.2. The van der Waals surface area contributed by atoms with Gasteiger partial charge in [-0.15, -0.1) is 11.3 Å². The highest BCUT2D eigenvalue weighted by molar-refractivity contribution is 7.26. The molecule has 4 aliphatic rings. The van der Waals surface area contributed by atoms with Crippen LogP contribution in [0.25, 0.3) is 177 Å². The van der Waals surface area contributed by atoms with E-state index in [1.807, 2.05) is 121 Å². The van der Waals surface area contributed by atoms with Crippen molar-refractivity contribution in [3.63, 3.8) is 0 Å². The van der Waals surface area contributed by atoms with Crippen molar-refractivity contribution in [1.29, 1.82) is 0 Å². The molecule has 520 valence electrons. The number of para-hydroxylation sites is 1. The van der Waals surface area contributed by atoms with Crippen LogP contribution in [0.5, 0.6) is 0 Å². The Morgan fingerprint density at radius 1 is 0.205 bits per heavy atom. The van der Waals surface area contributed by atoms with E-state index in [1.54, 1.807) is 0 Å². The lowest BCUT2D eigenvalue weighted by Crippen LogP contribution is -2.25. The highest BCUT2D eigenvalue weighted by Crippen LogP contribution is 2.65. The van der Waals surface area contributed by atoms with Crippen molar-refractivity contribution in [2.75, 3.05) is 0 Å². The van der Waals surface area contributed by atoms with Crippen LogP contribution >= 0.6 is 11.3 Å². The Balaban J connectivity index is 0.000000134. The van der Waals surface area contributed by atoms with Crippen molar-refractivity contribution in [3.8, 4) is 135 Å². The van der Waals surface area contributed by atoms with E-state index < -0.39 is 10.8 Å². The Bertz CT molecular complexity index is 6600. The molecule has 0 radical (unpaired) electrons. The monoisotopic (exact) mass is 1440 g/mol. The average Bonchev–Trinajstić information content (AvgIpc) is 1.51. The van der Waals surface area contributed by atoms with Crippen LogP contribution in [0.4, 0.5) is 0 Å². The van der Waals surface area contributed by atoms with Crippen LogP contribution in [0.1, 0.15) is 44.5 Å². The van der Waals surface area contributed by atoms with Gasteiger partial charge in [-0.1, -0.05) is 340 Å². The maximum absolute atomic E-state index is 6.82. The molecule has 0 bridgehead atoms. The van der Waals surface area contributed by atoms with E-state index in [9.17, 15) is 0 Å². The van der Waals surface area contributed by atoms with Gasteiger partial charge in [0.25, 0.3) is 0 Å². The van der Waals surface area contributed by atoms with Gasteiger partial charge >= 0.3 is 0 Å². The summed E-state index contributed by atoms with van der Waals surface area (Å²) >= 11 is 1.81. The molecule has 0 aliphatic heterocycles. The molecule has 0 N–H and O–H groups in total. The highest BCUT2D eigenvalue weighted by atomic mass is 32.1. The molecule has 8 heteroatoms. The summed E-state index contributed by atoms with van der Waals surface area (Å²) in [5, 5.41) is 4.55. The second-order valence-corrected chi connectivity index (χ2v) is 30.3. The second-order valence-electron chi connectivity index (χ2n) is 29.3. The number of aromatic nitrogens is 6. The van der Waals surface area contributed by atoms with E-state index in [0.717, 1.165) is 66.4 Å². The number of thiophene rings is 1. The van der Waals surface area contributed by atoms with Gasteiger partial charge in [-0.05, 0) is 148 Å². The first-order chi connectivity index (χ1) is 55.5. The molecule has 2 spiro atoms. The minimum atomic E-state index is -0.431. The standard InChI is InChI=1S/C52H31N3O.C52H31N3S/c2*1-3-15-32(16-4-1)49-53-50(33-17-5-2-6-18-33)55-51(54-49)41-30-29-35(47-40-22-10-14-26-46(40)56-48(41)47)34-27-28-39-38-21-9-13-25-44(38)52(45(39)31-34)42-23-11-7-19-36(42)37-20-8-12-24-43(37)52/h2*1-31H. The maximum atomic E-state index is 6.82. The molecule has 0 amide bonds. The summed E-state index contributed by atoms with van der Waals surface area (Å²) < 4.78 is 9.23. The lowest BCUT2D eigenvalue weighted by atomic mass is 9.70. The van der Waals surface area contributed by atoms with Crippen LogP contribution in [-0.2, 0) is 10.8 Å². The number of hydrogen-bond donors (Lipinski definition) is 0. The highest BCUT2D eigenvalue weighted by Gasteiger charge is 2.53. The normalized spacial score (nSPS) is 13.1. The second kappa shape index (κ2) is 25.1. The topological polar surface area (TPSA) is 90.5 Å². The number of rotatable bonds is 8. The zero-order valence-corrected chi connectivity index (χ0v) is 61.1. The molecule has 7 nitrogen and oxygen atoms in total. The Labute approximate surface area is 649 Å². The predicted molar refractivity (Wildman–Crippen MR) is 456 cm³/mol. The van der Waals surface area contributed by atoms with Crippen molar-refractivity contribution in [1.82, 2.24) is 29.9 Å². The van der Waals surface area contributed by atoms with Crippen LogP contribution in [0.15, 0.2) is 381 Å². The minimum absolute atomic E-state index is 0.405. The molecular formula is C104H62N6OS. The molecular weight excluding hydrogens is 1380 g/mol. The fraction of sp³-hybridized carbons (Fsp3) is 0.0192. The van der Waals surface area contributed by atoms with Crippen LogP contribution in [0.2, 0.25) is 0 Å². The Morgan fingerprint density at radius 2 is 0.500 bits per heavy atom. The molecule has 4 aliphatic carbocycles. The third kappa shape index (κ3) is 9.40. The van der Waals surface area contributed by atoms with Gasteiger partial charge in [0.15, 0.2) is 34.9 Å². The third-order valence-electron chi connectivity index (χ3n) is 23.5. The molecule has 4 heterocycles. The summed E-state index contributed by atoms with van der Waals surface area (Å²) in [7, 11) is 0. The summed E-state index contributed by atoms with van der Waals surface area (Å²) in [5.74, 6) is 3.78. The molecule has 0 fully saturated rings. The predicted octanol–water partition coefficient (Wildman–Crippen LogP) is 26.0. The van der Waals surface area contributed by atoms with E-state index in [0.29, 0.717) is 34.9 Å². The summed E-state index contributed by atoms with van der Waals surface area (Å²) in [6, 6.07) is 135. The largest absolute Gasteiger partial charge is 0.455 e. The van der Waals surface area contributed by atoms with Crippen molar-refractivity contribution >= 4 is 53.4 Å². The van der Waals surface area contributed by atoms with E-state index in [-0.39, 0.29) is 0 Å². The van der Waals surface area contributed by atoms with E-state index >= 15 is 0 Å². The zero-order chi connectivity index (χ0) is 73.6. The van der Waals surface area contributed by atoms with Crippen molar-refractivity contribution in [2.45, 2.75) is 10.8 Å². The molecule has 24 rings (SSSR count). The molecule has 16 aromatic carbocycles. The lowest BCUT2D eigenvalue weighted by molar-refractivity contribution is 0.669. The first-order valence-electron chi connectivity index (χ1n) is 38.1. The first kappa shape index (κ1) is 63.6. The number of furan rings is 1. The van der Waals surface area contributed by atoms with Gasteiger partial charge in [0.1, 0.15) is 11.2 Å². The molecule has 112 heavy (non-hydrogen) atoms. The summed E-state index contributed by atoms with van der Waals surface area (Å²) in [5.41, 5.74) is 32.0. The van der Waals surface area contributed by atoms with E-state index in [1.165, 1.54) is 120 Å². The van der Waals surface area contributed by atoms with Gasteiger partial charge in [0, 0.05) is 58.8 Å². The minimum Gasteiger partial charge on any atom is -0.455 e. The van der Waals surface area contributed by atoms with Crippen LogP contribution in [0, 0.1) is 0 Å². The Hall–Kier alpha value is -14.4. The van der Waals surface area contributed by atoms with Gasteiger partial charge in [-0.25, -0.2) is 29.9 Å². The van der Waals surface area contributed by atoms with Gasteiger partial charge in [0.05, 0.1) is 16.4 Å². The van der Waals surface area contributed by atoms with E-state index in [2.05, 4.69) is 267 Å². The van der Waals surface area contributed by atoms with Crippen LogP contribution < -0.4 is 0 Å². The molecule has 0 saturated carbocycles. The SMILES string of the molecule is c1ccc(-c2nc(-c3ccccc3)nc(-c3ccc(-c4ccc5c(c4)C4(c6ccccc6-c6ccccc64)c4ccccc4-5)c4c3oc3ccccc34)n2)cc1.c1ccc(-c2nc(-c3ccccc3)nc(-c3ccc(-c4ccc5c(c4)C4(c6ccccc6-c6ccccc64)c4ccccc4-5)c4c3sc3ccccc34)n2)cc1. The van der Waals surface area contributed by atoms with Gasteiger partial charge in [-0.3, -0.25) is 0 Å². The van der Waals surface area contributed by atoms with Crippen LogP contribution in [-0.4, -0.2) is 29.9 Å². The maximum Gasteiger partial charge on any atom is 0.167 e. The van der Waals surface area contributed by atoms with Gasteiger partial charge < -0.3 is 4.42 Å². The lowest BCUT2D eigenvalue weighted by Gasteiger charge is -2.30. The van der Waals surface area contributed by atoms with Gasteiger partial charge in [0.2, 0.25) is 0 Å². The number of hydrogen-bond acceptors (Lipinski definition) is 8. The average molecular weight is 1440 g/mol.